The van der Waals surface area contributed by atoms with Crippen LogP contribution in [0, 0.1) is 0 Å². The first-order valence-corrected chi connectivity index (χ1v) is 4.59. The first kappa shape index (κ1) is 12.7. The van der Waals surface area contributed by atoms with Crippen LogP contribution in [0.3, 0.4) is 0 Å². The van der Waals surface area contributed by atoms with Crippen molar-refractivity contribution in [1.29, 1.82) is 0 Å². The van der Waals surface area contributed by atoms with Gasteiger partial charge >= 0.3 is 11.9 Å². The van der Waals surface area contributed by atoms with Gasteiger partial charge in [-0.05, 0) is 20.3 Å². The van der Waals surface area contributed by atoms with E-state index in [-0.39, 0.29) is 12.7 Å². The molecule has 0 bridgehead atoms. The Morgan fingerprint density at radius 3 is 2.57 bits per heavy atom. The second kappa shape index (κ2) is 7.12. The van der Waals surface area contributed by atoms with Crippen LogP contribution in [0.15, 0.2) is 12.2 Å². The van der Waals surface area contributed by atoms with Crippen LogP contribution in [0.5, 0.6) is 0 Å². The Kier molecular flexibility index (Phi) is 6.45. The fraction of sp³-hybridized carbons (Fsp3) is 0.600. The molecule has 0 saturated heterocycles. The van der Waals surface area contributed by atoms with Gasteiger partial charge in [0, 0.05) is 6.08 Å². The SMILES string of the molecule is C/C=C/C(=O)OCC(=O)OC(C)CC. The second-order valence-electron chi connectivity index (χ2n) is 2.82. The van der Waals surface area contributed by atoms with Crippen LogP contribution in [0.4, 0.5) is 0 Å². The van der Waals surface area contributed by atoms with Crippen LogP contribution < -0.4 is 0 Å². The molecule has 0 radical (unpaired) electrons. The summed E-state index contributed by atoms with van der Waals surface area (Å²) in [5.74, 6) is -1.05. The molecule has 0 amide bonds. The molecule has 80 valence electrons. The molecule has 0 heterocycles. The monoisotopic (exact) mass is 200 g/mol. The summed E-state index contributed by atoms with van der Waals surface area (Å²) in [4.78, 5) is 21.8. The molecule has 0 aromatic carbocycles. The fourth-order valence-corrected chi connectivity index (χ4v) is 0.656. The van der Waals surface area contributed by atoms with Gasteiger partial charge in [-0.15, -0.1) is 0 Å². The summed E-state index contributed by atoms with van der Waals surface area (Å²) in [6, 6.07) is 0. The molecule has 0 fully saturated rings. The second-order valence-corrected chi connectivity index (χ2v) is 2.82. The Bertz CT molecular complexity index is 220. The summed E-state index contributed by atoms with van der Waals surface area (Å²) in [6.07, 6.45) is 3.40. The highest BCUT2D eigenvalue weighted by molar-refractivity contribution is 5.84. The minimum atomic E-state index is -0.534. The molecular formula is C10H16O4. The molecule has 0 aromatic rings. The van der Waals surface area contributed by atoms with Crippen molar-refractivity contribution in [2.24, 2.45) is 0 Å². The van der Waals surface area contributed by atoms with Crippen molar-refractivity contribution in [3.8, 4) is 0 Å². The lowest BCUT2D eigenvalue weighted by molar-refractivity contribution is -0.159. The largest absolute Gasteiger partial charge is 0.460 e. The summed E-state index contributed by atoms with van der Waals surface area (Å²) >= 11 is 0. The molecule has 4 nitrogen and oxygen atoms in total. The number of ether oxygens (including phenoxy) is 2. The van der Waals surface area contributed by atoms with E-state index in [1.54, 1.807) is 19.9 Å². The van der Waals surface area contributed by atoms with Gasteiger partial charge in [-0.2, -0.15) is 0 Å². The van der Waals surface area contributed by atoms with Crippen molar-refractivity contribution < 1.29 is 19.1 Å². The van der Waals surface area contributed by atoms with Gasteiger partial charge in [0.15, 0.2) is 6.61 Å². The molecule has 0 aromatic heterocycles. The lowest BCUT2D eigenvalue weighted by Gasteiger charge is -2.10. The Morgan fingerprint density at radius 2 is 2.07 bits per heavy atom. The average Bonchev–Trinajstić information content (AvgIpc) is 2.15. The summed E-state index contributed by atoms with van der Waals surface area (Å²) in [5, 5.41) is 0. The number of esters is 2. The van der Waals surface area contributed by atoms with E-state index in [1.165, 1.54) is 6.08 Å². The van der Waals surface area contributed by atoms with Crippen LogP contribution in [0.2, 0.25) is 0 Å². The van der Waals surface area contributed by atoms with Gasteiger partial charge < -0.3 is 9.47 Å². The van der Waals surface area contributed by atoms with Crippen molar-refractivity contribution in [3.05, 3.63) is 12.2 Å². The third kappa shape index (κ3) is 6.22. The minimum Gasteiger partial charge on any atom is -0.460 e. The molecule has 0 aliphatic rings. The molecule has 0 aliphatic heterocycles. The van der Waals surface area contributed by atoms with Gasteiger partial charge in [-0.3, -0.25) is 0 Å². The first-order chi connectivity index (χ1) is 6.60. The average molecular weight is 200 g/mol. The van der Waals surface area contributed by atoms with Crippen LogP contribution in [0.25, 0.3) is 0 Å². The minimum absolute atomic E-state index is 0.136. The van der Waals surface area contributed by atoms with Crippen molar-refractivity contribution in [3.63, 3.8) is 0 Å². The fourth-order valence-electron chi connectivity index (χ4n) is 0.656. The van der Waals surface area contributed by atoms with E-state index >= 15 is 0 Å². The van der Waals surface area contributed by atoms with Gasteiger partial charge in [0.2, 0.25) is 0 Å². The molecule has 0 spiro atoms. The van der Waals surface area contributed by atoms with E-state index in [9.17, 15) is 9.59 Å². The summed E-state index contributed by atoms with van der Waals surface area (Å²) in [6.45, 7) is 5.06. The maximum atomic E-state index is 11.0. The van der Waals surface area contributed by atoms with Gasteiger partial charge in [0.25, 0.3) is 0 Å². The van der Waals surface area contributed by atoms with Crippen LogP contribution >= 0.6 is 0 Å². The number of carbonyl (C=O) groups excluding carboxylic acids is 2. The quantitative estimate of drug-likeness (QED) is 0.498. The van der Waals surface area contributed by atoms with E-state index in [0.29, 0.717) is 0 Å². The van der Waals surface area contributed by atoms with Gasteiger partial charge in [0.1, 0.15) is 0 Å². The van der Waals surface area contributed by atoms with Crippen molar-refractivity contribution in [1.82, 2.24) is 0 Å². The van der Waals surface area contributed by atoms with E-state index < -0.39 is 11.9 Å². The van der Waals surface area contributed by atoms with Gasteiger partial charge in [-0.25, -0.2) is 9.59 Å². The summed E-state index contributed by atoms with van der Waals surface area (Å²) < 4.78 is 9.48. The molecule has 0 N–H and O–H groups in total. The first-order valence-electron chi connectivity index (χ1n) is 4.59. The summed E-state index contributed by atoms with van der Waals surface area (Å²) in [5.41, 5.74) is 0. The van der Waals surface area contributed by atoms with Crippen LogP contribution in [0.1, 0.15) is 27.2 Å². The van der Waals surface area contributed by atoms with Gasteiger partial charge in [0.05, 0.1) is 6.10 Å². The number of rotatable bonds is 5. The molecule has 14 heavy (non-hydrogen) atoms. The van der Waals surface area contributed by atoms with Crippen molar-refractivity contribution in [2.45, 2.75) is 33.3 Å². The predicted octanol–water partition coefficient (Wildman–Crippen LogP) is 1.45. The Balaban J connectivity index is 3.69. The van der Waals surface area contributed by atoms with E-state index in [0.717, 1.165) is 6.42 Å². The van der Waals surface area contributed by atoms with Crippen LogP contribution in [-0.4, -0.2) is 24.6 Å². The standard InChI is InChI=1S/C10H16O4/c1-4-6-9(11)13-7-10(12)14-8(3)5-2/h4,6,8H,5,7H2,1-3H3/b6-4+. The summed E-state index contributed by atoms with van der Waals surface area (Å²) in [7, 11) is 0. The van der Waals surface area contributed by atoms with Crippen molar-refractivity contribution in [2.75, 3.05) is 6.61 Å². The highest BCUT2D eigenvalue weighted by atomic mass is 16.6. The van der Waals surface area contributed by atoms with E-state index in [1.807, 2.05) is 6.92 Å². The third-order valence-electron chi connectivity index (χ3n) is 1.54. The molecule has 0 rings (SSSR count). The van der Waals surface area contributed by atoms with Crippen molar-refractivity contribution >= 4 is 11.9 Å². The number of hydrogen-bond acceptors (Lipinski definition) is 4. The maximum absolute atomic E-state index is 11.0. The Morgan fingerprint density at radius 1 is 1.43 bits per heavy atom. The van der Waals surface area contributed by atoms with Crippen LogP contribution in [-0.2, 0) is 19.1 Å². The molecular weight excluding hydrogens is 184 g/mol. The normalized spacial score (nSPS) is 12.5. The highest BCUT2D eigenvalue weighted by Crippen LogP contribution is 1.96. The number of carbonyl (C=O) groups is 2. The lowest BCUT2D eigenvalue weighted by atomic mass is 10.3. The van der Waals surface area contributed by atoms with E-state index in [2.05, 4.69) is 4.74 Å². The molecule has 0 saturated carbocycles. The highest BCUT2D eigenvalue weighted by Gasteiger charge is 2.09. The smallest absolute Gasteiger partial charge is 0.344 e. The molecule has 1 atom stereocenters. The predicted molar refractivity (Wildman–Crippen MR) is 51.6 cm³/mol. The van der Waals surface area contributed by atoms with Gasteiger partial charge in [-0.1, -0.05) is 13.0 Å². The number of hydrogen-bond donors (Lipinski definition) is 0. The Hall–Kier alpha value is -1.32. The lowest BCUT2D eigenvalue weighted by Crippen LogP contribution is -2.20. The maximum Gasteiger partial charge on any atom is 0.344 e. The topological polar surface area (TPSA) is 52.6 Å². The molecule has 4 heteroatoms. The zero-order valence-electron chi connectivity index (χ0n) is 8.78. The zero-order chi connectivity index (χ0) is 11.0. The van der Waals surface area contributed by atoms with E-state index in [4.69, 9.17) is 4.74 Å². The third-order valence-corrected chi connectivity index (χ3v) is 1.54. The molecule has 0 aliphatic carbocycles. The molecule has 1 unspecified atom stereocenters. The zero-order valence-corrected chi connectivity index (χ0v) is 8.78. The number of allylic oxidation sites excluding steroid dienone is 1. The Labute approximate surface area is 83.9 Å².